The van der Waals surface area contributed by atoms with E-state index < -0.39 is 13.3 Å². The molecule has 0 aliphatic rings. The van der Waals surface area contributed by atoms with E-state index in [2.05, 4.69) is 139 Å². The fraction of sp³-hybridized carbons (Fsp3) is 0.163. The van der Waals surface area contributed by atoms with E-state index in [9.17, 15) is 5.26 Å². The molecular weight excluding hydrogens is 911 g/mol. The van der Waals surface area contributed by atoms with E-state index in [0.717, 1.165) is 73.1 Å². The molecule has 6 heteroatoms. The first-order chi connectivity index (χ1) is 26.0. The van der Waals surface area contributed by atoms with E-state index >= 15 is 0 Å². The van der Waals surface area contributed by atoms with E-state index in [1.807, 2.05) is 60.9 Å². The second-order valence-electron chi connectivity index (χ2n) is 15.9. The Hall–Kier alpha value is -5.12. The SMILES string of the molecule is CC(C)(C)Cc1ccnc(-c2[c-]cc3oc4c(-c5ccccc5)cccc4c3c2)c1.[CH3][Ge]([CH3])([CH3])[c]1ccc(-c2[c-]cc(C#N)c(-c3ccccc3)c2)nc1.[Ir]. The van der Waals surface area contributed by atoms with Crippen molar-refractivity contribution < 1.29 is 24.5 Å². The maximum Gasteiger partial charge on any atom is 0 e. The van der Waals surface area contributed by atoms with Gasteiger partial charge in [-0.2, -0.15) is 0 Å². The summed E-state index contributed by atoms with van der Waals surface area (Å²) in [5.74, 6) is 7.08. The zero-order chi connectivity index (χ0) is 37.9. The summed E-state index contributed by atoms with van der Waals surface area (Å²) in [5, 5.41) is 11.6. The summed E-state index contributed by atoms with van der Waals surface area (Å²) in [7, 11) is 0. The number of hydrogen-bond donors (Lipinski definition) is 0. The van der Waals surface area contributed by atoms with Crippen molar-refractivity contribution in [2.45, 2.75) is 44.5 Å². The molecule has 3 heterocycles. The van der Waals surface area contributed by atoms with Crippen LogP contribution in [0.2, 0.25) is 17.3 Å². The average molecular weight is 955 g/mol. The summed E-state index contributed by atoms with van der Waals surface area (Å²) in [6.45, 7) is 6.77. The van der Waals surface area contributed by atoms with Crippen LogP contribution in [0.25, 0.3) is 66.7 Å². The van der Waals surface area contributed by atoms with Crippen LogP contribution in [0.5, 0.6) is 0 Å². The first-order valence-electron chi connectivity index (χ1n) is 18.3. The number of nitriles is 1. The Morgan fingerprint density at radius 3 is 2.00 bits per heavy atom. The predicted octanol–water partition coefficient (Wildman–Crippen LogP) is 12.3. The van der Waals surface area contributed by atoms with E-state index in [-0.39, 0.29) is 25.5 Å². The van der Waals surface area contributed by atoms with E-state index in [0.29, 0.717) is 5.56 Å². The molecule has 0 fully saturated rings. The van der Waals surface area contributed by atoms with Gasteiger partial charge in [0.2, 0.25) is 0 Å². The van der Waals surface area contributed by atoms with Gasteiger partial charge in [-0.25, -0.2) is 0 Å². The summed E-state index contributed by atoms with van der Waals surface area (Å²) >= 11 is -1.85. The van der Waals surface area contributed by atoms with Crippen molar-refractivity contribution in [1.82, 2.24) is 9.97 Å². The zero-order valence-electron chi connectivity index (χ0n) is 32.1. The van der Waals surface area contributed by atoms with Crippen LogP contribution in [-0.2, 0) is 26.5 Å². The van der Waals surface area contributed by atoms with Crippen LogP contribution >= 0.6 is 0 Å². The quantitative estimate of drug-likeness (QED) is 0.123. The van der Waals surface area contributed by atoms with Gasteiger partial charge in [0.1, 0.15) is 5.58 Å². The molecule has 0 saturated heterocycles. The number of aromatic nitrogens is 2. The molecule has 8 aromatic rings. The minimum atomic E-state index is -1.85. The second kappa shape index (κ2) is 16.7. The Morgan fingerprint density at radius 2 is 1.36 bits per heavy atom. The van der Waals surface area contributed by atoms with E-state index in [1.165, 1.54) is 9.96 Å². The standard InChI is InChI=1S/C28H24NO.C21H19GeN2.Ir/c1-28(2,3)18-19-14-15-29-25(16-19)21-12-13-26-24(17-21)23-11-7-10-22(27(23)30-26)20-8-5-4-6-9-20;1-22(2,3)19-11-12-21(24-15-19)17-9-10-18(14-23)20(13-17)16-7-5-4-6-8-16;/h4-11,13-17H,18H2,1-3H3;4-8,10-13,15H,1-3H3;/q2*-1;. The van der Waals surface area contributed by atoms with Crippen molar-refractivity contribution in [3.63, 3.8) is 0 Å². The fourth-order valence-corrected chi connectivity index (χ4v) is 8.84. The van der Waals surface area contributed by atoms with Crippen LogP contribution in [-0.4, -0.2) is 23.2 Å². The molecule has 0 aliphatic heterocycles. The molecule has 55 heavy (non-hydrogen) atoms. The molecule has 0 saturated carbocycles. The van der Waals surface area contributed by atoms with Crippen LogP contribution in [0.3, 0.4) is 0 Å². The first-order valence-corrected chi connectivity index (χ1v) is 25.7. The molecule has 0 aliphatic carbocycles. The number of benzene rings is 5. The van der Waals surface area contributed by atoms with Gasteiger partial charge in [-0.05, 0) is 29.2 Å². The van der Waals surface area contributed by atoms with E-state index in [1.54, 1.807) is 6.07 Å². The number of nitrogens with zero attached hydrogens (tertiary/aromatic N) is 3. The first kappa shape index (κ1) is 39.6. The zero-order valence-corrected chi connectivity index (χ0v) is 36.6. The van der Waals surface area contributed by atoms with Gasteiger partial charge in [0.05, 0.1) is 5.58 Å². The molecule has 3 aromatic heterocycles. The van der Waals surface area contributed by atoms with Gasteiger partial charge in [0.15, 0.2) is 0 Å². The second-order valence-corrected chi connectivity index (χ2v) is 26.5. The maximum atomic E-state index is 9.39. The number of hydrogen-bond acceptors (Lipinski definition) is 4. The molecular formula is C49H43GeIrN3O-2. The minimum absolute atomic E-state index is 0. The number of furan rings is 1. The Labute approximate surface area is 341 Å². The molecule has 8 rings (SSSR count). The average Bonchev–Trinajstić information content (AvgIpc) is 3.56. The summed E-state index contributed by atoms with van der Waals surface area (Å²) < 4.78 is 7.65. The van der Waals surface area contributed by atoms with Crippen molar-refractivity contribution in [3.05, 3.63) is 163 Å². The van der Waals surface area contributed by atoms with Crippen molar-refractivity contribution >= 4 is 39.6 Å². The van der Waals surface area contributed by atoms with Crippen LogP contribution < -0.4 is 4.40 Å². The fourth-order valence-electron chi connectivity index (χ4n) is 6.66. The van der Waals surface area contributed by atoms with Gasteiger partial charge in [0.25, 0.3) is 0 Å². The Morgan fingerprint density at radius 1 is 0.691 bits per heavy atom. The molecule has 0 spiro atoms. The number of rotatable bonds is 6. The van der Waals surface area contributed by atoms with Crippen LogP contribution in [0, 0.1) is 28.9 Å². The molecule has 1 radical (unpaired) electrons. The molecule has 5 aromatic carbocycles. The Kier molecular flexibility index (Phi) is 12.0. The van der Waals surface area contributed by atoms with Crippen molar-refractivity contribution in [1.29, 1.82) is 5.26 Å². The normalized spacial score (nSPS) is 11.4. The largest absolute Gasteiger partial charge is 0 e. The summed E-state index contributed by atoms with van der Waals surface area (Å²) in [6.07, 6.45) is 4.92. The van der Waals surface area contributed by atoms with Crippen LogP contribution in [0.15, 0.2) is 144 Å². The van der Waals surface area contributed by atoms with Gasteiger partial charge in [-0.1, -0.05) is 86.3 Å². The monoisotopic (exact) mass is 956 g/mol. The van der Waals surface area contributed by atoms with Gasteiger partial charge in [-0.3, -0.25) is 0 Å². The summed E-state index contributed by atoms with van der Waals surface area (Å²) in [5.41, 5.74) is 11.9. The minimum Gasteiger partial charge on any atom is 0 e. The molecule has 0 unspecified atom stereocenters. The predicted molar refractivity (Wildman–Crippen MR) is 226 cm³/mol. The summed E-state index contributed by atoms with van der Waals surface area (Å²) in [4.78, 5) is 9.25. The van der Waals surface area contributed by atoms with Crippen LogP contribution in [0.4, 0.5) is 0 Å². The van der Waals surface area contributed by atoms with Gasteiger partial charge in [0, 0.05) is 37.3 Å². The third-order valence-electron chi connectivity index (χ3n) is 9.41. The third kappa shape index (κ3) is 9.23. The van der Waals surface area contributed by atoms with Gasteiger partial charge >= 0.3 is 146 Å². The Bertz CT molecular complexity index is 2600. The smallest absolute Gasteiger partial charge is 0 e. The van der Waals surface area contributed by atoms with Crippen molar-refractivity contribution in [2.75, 3.05) is 0 Å². The molecule has 0 amide bonds. The molecule has 275 valence electrons. The number of para-hydroxylation sites is 1. The van der Waals surface area contributed by atoms with Crippen LogP contribution in [0.1, 0.15) is 31.9 Å². The maximum absolute atomic E-state index is 9.39. The molecule has 4 nitrogen and oxygen atoms in total. The number of pyridine rings is 2. The third-order valence-corrected chi connectivity index (χ3v) is 13.7. The molecule has 0 atom stereocenters. The topological polar surface area (TPSA) is 62.7 Å². The number of fused-ring (bicyclic) bond motifs is 3. The molecule has 0 N–H and O–H groups in total. The van der Waals surface area contributed by atoms with Crippen molar-refractivity contribution in [2.24, 2.45) is 5.41 Å². The van der Waals surface area contributed by atoms with E-state index in [4.69, 9.17) is 4.42 Å². The van der Waals surface area contributed by atoms with Crippen molar-refractivity contribution in [3.8, 4) is 50.8 Å². The summed E-state index contributed by atoms with van der Waals surface area (Å²) in [6, 6.07) is 51.9. The Balaban J connectivity index is 0.000000188. The molecule has 0 bridgehead atoms. The van der Waals surface area contributed by atoms with Gasteiger partial charge in [-0.15, -0.1) is 23.8 Å². The van der Waals surface area contributed by atoms with Gasteiger partial charge < -0.3 is 9.40 Å².